The number of aliphatic hydroxyl groups excluding tert-OH is 1. The van der Waals surface area contributed by atoms with Crippen LogP contribution >= 0.6 is 23.1 Å². The van der Waals surface area contributed by atoms with Crippen molar-refractivity contribution in [1.82, 2.24) is 15.2 Å². The number of nitrogen functional groups attached to an aromatic ring is 1. The number of quaternary nitrogens is 1. The van der Waals surface area contributed by atoms with Gasteiger partial charge >= 0.3 is 0 Å². The van der Waals surface area contributed by atoms with Crippen molar-refractivity contribution >= 4 is 51.7 Å². The lowest BCUT2D eigenvalue weighted by atomic mass is 10.0. The standard InChI is InChI=1S/C19H24N6O6S2/c1-8-14(25(2)5-3-4-9(25)6-26)13(18(29)30)24-16(28)12(17(24)33-8)22-15(27)11(23-31)10-7-32-19(20)21-10/h7-9,12,17,26H,3-6H2,1-2H3,(H4-,20,21,22,27,29,30,31)/t8?,9?,12?,17-,25?/m1/s1. The first kappa shape index (κ1) is 23.5. The second-order valence-electron chi connectivity index (χ2n) is 8.34. The number of nitrogens with zero attached hydrogens (tertiary/aromatic N) is 4. The maximum Gasteiger partial charge on any atom is 0.276 e. The van der Waals surface area contributed by atoms with Crippen molar-refractivity contribution in [2.24, 2.45) is 5.16 Å². The number of β-lactam (4-membered cyclic amide) rings is 1. The summed E-state index contributed by atoms with van der Waals surface area (Å²) in [5, 5.41) is 37.5. The smallest absolute Gasteiger partial charge is 0.276 e. The van der Waals surface area contributed by atoms with E-state index in [0.29, 0.717) is 12.2 Å². The Labute approximate surface area is 197 Å². The lowest BCUT2D eigenvalue weighted by molar-refractivity contribution is -0.886. The van der Waals surface area contributed by atoms with Gasteiger partial charge in [-0.25, -0.2) is 4.98 Å². The first-order chi connectivity index (χ1) is 15.6. The number of thiazole rings is 1. The fourth-order valence-electron chi connectivity index (χ4n) is 4.95. The van der Waals surface area contributed by atoms with E-state index >= 15 is 0 Å². The third-order valence-corrected chi connectivity index (χ3v) is 8.61. The molecule has 0 spiro atoms. The fraction of sp³-hybridized carbons (Fsp3) is 0.526. The van der Waals surface area contributed by atoms with Crippen LogP contribution in [0.15, 0.2) is 21.9 Å². The molecule has 4 unspecified atom stereocenters. The van der Waals surface area contributed by atoms with Crippen molar-refractivity contribution in [3.8, 4) is 0 Å². The highest BCUT2D eigenvalue weighted by Gasteiger charge is 2.58. The molecular weight excluding hydrogens is 472 g/mol. The normalized spacial score (nSPS) is 31.9. The molecule has 0 aromatic carbocycles. The summed E-state index contributed by atoms with van der Waals surface area (Å²) in [7, 11) is 1.87. The number of nitrogens with two attached hydrogens (primary N) is 1. The number of carboxylic acids is 1. The molecule has 0 radical (unpaired) electrons. The molecule has 3 aliphatic rings. The number of aliphatic hydroxyl groups is 1. The zero-order valence-corrected chi connectivity index (χ0v) is 19.6. The van der Waals surface area contributed by atoms with Crippen molar-refractivity contribution in [3.05, 3.63) is 22.5 Å². The molecule has 12 nitrogen and oxygen atoms in total. The van der Waals surface area contributed by atoms with Crippen molar-refractivity contribution in [3.63, 3.8) is 0 Å². The summed E-state index contributed by atoms with van der Waals surface area (Å²) in [6.45, 7) is 2.39. The summed E-state index contributed by atoms with van der Waals surface area (Å²) < 4.78 is 0.230. The fourth-order valence-corrected chi connectivity index (χ4v) is 7.07. The number of anilines is 1. The number of hydrogen-bond donors (Lipinski definition) is 4. The first-order valence-electron chi connectivity index (χ1n) is 10.3. The molecule has 2 saturated heterocycles. The third kappa shape index (κ3) is 3.66. The van der Waals surface area contributed by atoms with E-state index in [1.807, 2.05) is 14.0 Å². The molecule has 178 valence electrons. The molecule has 0 bridgehead atoms. The predicted octanol–water partition coefficient (Wildman–Crippen LogP) is -1.75. The molecule has 4 heterocycles. The Morgan fingerprint density at radius 2 is 2.21 bits per heavy atom. The number of likely N-dealkylation sites (N-methyl/N-ethyl adjacent to an activating group) is 1. The summed E-state index contributed by atoms with van der Waals surface area (Å²) in [6.07, 6.45) is 1.57. The lowest BCUT2D eigenvalue weighted by Crippen LogP contribution is -2.73. The Morgan fingerprint density at radius 3 is 2.79 bits per heavy atom. The van der Waals surface area contributed by atoms with E-state index in [-0.39, 0.29) is 38.9 Å². The number of thioether (sulfide) groups is 1. The van der Waals surface area contributed by atoms with Gasteiger partial charge in [-0.15, -0.1) is 23.1 Å². The van der Waals surface area contributed by atoms with Gasteiger partial charge in [0.15, 0.2) is 10.8 Å². The number of carbonyl (C=O) groups excluding carboxylic acids is 3. The number of fused-ring (bicyclic) bond motifs is 1. The van der Waals surface area contributed by atoms with E-state index in [1.165, 1.54) is 17.1 Å². The Morgan fingerprint density at radius 1 is 1.48 bits per heavy atom. The maximum atomic E-state index is 13.0. The third-order valence-electron chi connectivity index (χ3n) is 6.54. The van der Waals surface area contributed by atoms with Crippen LogP contribution < -0.4 is 16.2 Å². The summed E-state index contributed by atoms with van der Waals surface area (Å²) in [4.78, 5) is 42.9. The molecule has 1 aromatic heterocycles. The summed E-state index contributed by atoms with van der Waals surface area (Å²) in [6, 6.07) is -1.19. The van der Waals surface area contributed by atoms with Crippen LogP contribution in [-0.2, 0) is 14.4 Å². The highest BCUT2D eigenvalue weighted by Crippen LogP contribution is 2.48. The van der Waals surface area contributed by atoms with Crippen LogP contribution in [0.25, 0.3) is 0 Å². The van der Waals surface area contributed by atoms with Crippen LogP contribution in [0.5, 0.6) is 0 Å². The van der Waals surface area contributed by atoms with Gasteiger partial charge in [-0.05, 0) is 6.92 Å². The van der Waals surface area contributed by atoms with Gasteiger partial charge in [-0.1, -0.05) is 5.16 Å². The van der Waals surface area contributed by atoms with Gasteiger partial charge in [0, 0.05) is 18.2 Å². The molecule has 14 heteroatoms. The quantitative estimate of drug-likeness (QED) is 0.117. The van der Waals surface area contributed by atoms with Crippen molar-refractivity contribution in [2.45, 2.75) is 42.5 Å². The number of carboxylic acid groups (broad SMARTS) is 1. The highest BCUT2D eigenvalue weighted by atomic mass is 32.2. The number of oxime groups is 1. The molecule has 3 aliphatic heterocycles. The monoisotopic (exact) mass is 496 g/mol. The molecule has 0 aliphatic carbocycles. The maximum absolute atomic E-state index is 13.0. The summed E-state index contributed by atoms with van der Waals surface area (Å²) in [5.74, 6) is -2.91. The van der Waals surface area contributed by atoms with E-state index in [0.717, 1.165) is 29.1 Å². The minimum absolute atomic E-state index is 0.0601. The van der Waals surface area contributed by atoms with E-state index in [4.69, 9.17) is 5.73 Å². The predicted molar refractivity (Wildman–Crippen MR) is 118 cm³/mol. The van der Waals surface area contributed by atoms with Crippen LogP contribution in [0.1, 0.15) is 25.5 Å². The topological polar surface area (TPSA) is 181 Å². The SMILES string of the molecule is CC1S[C@@H]2C(NC(=O)C(=NO)c3csc(N)n3)C(=O)N2C(C(=O)[O-])=C1[N+]1(C)CCCC1CO. The van der Waals surface area contributed by atoms with E-state index in [9.17, 15) is 29.8 Å². The van der Waals surface area contributed by atoms with Gasteiger partial charge in [0.05, 0.1) is 31.4 Å². The molecular formula is C19H24N6O6S2. The zero-order chi connectivity index (χ0) is 24.1. The van der Waals surface area contributed by atoms with Crippen molar-refractivity contribution < 1.29 is 34.3 Å². The van der Waals surface area contributed by atoms with Crippen LogP contribution in [0.2, 0.25) is 0 Å². The molecule has 0 saturated carbocycles. The van der Waals surface area contributed by atoms with Gasteiger partial charge in [0.2, 0.25) is 0 Å². The highest BCUT2D eigenvalue weighted by molar-refractivity contribution is 8.00. The number of nitrogens with one attached hydrogen (secondary N) is 1. The number of likely N-dealkylation sites (tertiary alicyclic amines) is 1. The van der Waals surface area contributed by atoms with Crippen LogP contribution in [0.3, 0.4) is 0 Å². The van der Waals surface area contributed by atoms with Crippen LogP contribution in [-0.4, -0.2) is 91.1 Å². The second kappa shape index (κ2) is 8.59. The van der Waals surface area contributed by atoms with Gasteiger partial charge in [-0.2, -0.15) is 0 Å². The van der Waals surface area contributed by atoms with Crippen LogP contribution in [0.4, 0.5) is 5.13 Å². The number of aromatic nitrogens is 1. The van der Waals surface area contributed by atoms with Gasteiger partial charge < -0.3 is 31.3 Å². The number of aliphatic carboxylic acids is 1. The molecule has 2 amide bonds. The number of rotatable bonds is 6. The van der Waals surface area contributed by atoms with Crippen molar-refractivity contribution in [1.29, 1.82) is 0 Å². The molecule has 5 atom stereocenters. The molecule has 5 N–H and O–H groups in total. The molecule has 4 rings (SSSR count). The Balaban J connectivity index is 1.62. The van der Waals surface area contributed by atoms with Gasteiger partial charge in [0.1, 0.15) is 34.5 Å². The van der Waals surface area contributed by atoms with E-state index in [1.54, 1.807) is 0 Å². The van der Waals surface area contributed by atoms with E-state index in [2.05, 4.69) is 15.5 Å². The Hall–Kier alpha value is -2.68. The Bertz CT molecular complexity index is 1070. The number of carbonyl (C=O) groups is 3. The summed E-state index contributed by atoms with van der Waals surface area (Å²) >= 11 is 2.40. The first-order valence-corrected chi connectivity index (χ1v) is 12.1. The number of hydrogen-bond acceptors (Lipinski definition) is 11. The zero-order valence-electron chi connectivity index (χ0n) is 17.9. The minimum atomic E-state index is -1.47. The number of amides is 2. The summed E-state index contributed by atoms with van der Waals surface area (Å²) in [5.41, 5.74) is 5.55. The largest absolute Gasteiger partial charge is 0.543 e. The second-order valence-corrected chi connectivity index (χ2v) is 10.7. The van der Waals surface area contributed by atoms with Crippen molar-refractivity contribution in [2.75, 3.05) is 25.9 Å². The average Bonchev–Trinajstić information content (AvgIpc) is 3.37. The average molecular weight is 497 g/mol. The van der Waals surface area contributed by atoms with Gasteiger partial charge in [-0.3, -0.25) is 19.0 Å². The Kier molecular flexibility index (Phi) is 6.11. The molecule has 2 fully saturated rings. The van der Waals surface area contributed by atoms with Gasteiger partial charge in [0.25, 0.3) is 11.8 Å². The van der Waals surface area contributed by atoms with Crippen LogP contribution in [0, 0.1) is 0 Å². The lowest BCUT2D eigenvalue weighted by Gasteiger charge is -2.54. The molecule has 1 aromatic rings. The minimum Gasteiger partial charge on any atom is -0.543 e. The molecule has 33 heavy (non-hydrogen) atoms. The van der Waals surface area contributed by atoms with E-state index < -0.39 is 34.9 Å².